The van der Waals surface area contributed by atoms with Gasteiger partial charge in [0.2, 0.25) is 5.91 Å². The van der Waals surface area contributed by atoms with Crippen molar-refractivity contribution in [1.82, 2.24) is 16.0 Å². The van der Waals surface area contributed by atoms with Gasteiger partial charge in [-0.05, 0) is 36.3 Å². The van der Waals surface area contributed by atoms with Crippen molar-refractivity contribution in [2.24, 2.45) is 5.92 Å². The topological polar surface area (TPSA) is 70.2 Å². The van der Waals surface area contributed by atoms with Crippen LogP contribution in [0.5, 0.6) is 0 Å². The molecule has 0 saturated heterocycles. The average molecular weight is 348 g/mol. The van der Waals surface area contributed by atoms with Crippen LogP contribution in [0.15, 0.2) is 24.3 Å². The molecule has 0 aliphatic rings. The van der Waals surface area contributed by atoms with E-state index in [9.17, 15) is 9.59 Å². The van der Waals surface area contributed by atoms with Gasteiger partial charge in [0.25, 0.3) is 0 Å². The number of hydrogen-bond acceptors (Lipinski definition) is 3. The monoisotopic (exact) mass is 347 g/mol. The summed E-state index contributed by atoms with van der Waals surface area (Å²) in [6.45, 7) is 14.6. The number of rotatable bonds is 6. The van der Waals surface area contributed by atoms with Gasteiger partial charge in [0.15, 0.2) is 0 Å². The van der Waals surface area contributed by atoms with E-state index < -0.39 is 6.03 Å². The Labute approximate surface area is 152 Å². The molecule has 0 radical (unpaired) electrons. The second kappa shape index (κ2) is 8.99. The van der Waals surface area contributed by atoms with Crippen LogP contribution in [0.2, 0.25) is 0 Å². The summed E-state index contributed by atoms with van der Waals surface area (Å²) in [5, 5.41) is 8.23. The lowest BCUT2D eigenvalue weighted by Gasteiger charge is -2.25. The van der Waals surface area contributed by atoms with Crippen LogP contribution in [-0.4, -0.2) is 24.5 Å². The summed E-state index contributed by atoms with van der Waals surface area (Å²) in [7, 11) is 0. The summed E-state index contributed by atoms with van der Waals surface area (Å²) < 4.78 is 0. The van der Waals surface area contributed by atoms with E-state index in [2.05, 4.69) is 74.8 Å². The molecule has 5 nitrogen and oxygen atoms in total. The van der Waals surface area contributed by atoms with Crippen molar-refractivity contribution in [1.29, 1.82) is 0 Å². The van der Waals surface area contributed by atoms with E-state index in [-0.39, 0.29) is 30.0 Å². The molecule has 0 unspecified atom stereocenters. The first-order valence-electron chi connectivity index (χ1n) is 8.95. The molecule has 3 amide bonds. The zero-order valence-electron chi connectivity index (χ0n) is 16.6. The molecule has 1 rings (SSSR count). The molecule has 0 bridgehead atoms. The molecule has 0 fully saturated rings. The van der Waals surface area contributed by atoms with Crippen LogP contribution in [0, 0.1) is 5.92 Å². The zero-order chi connectivity index (χ0) is 19.2. The maximum absolute atomic E-state index is 11.9. The van der Waals surface area contributed by atoms with Gasteiger partial charge in [-0.25, -0.2) is 4.79 Å². The van der Waals surface area contributed by atoms with E-state index in [4.69, 9.17) is 0 Å². The highest BCUT2D eigenvalue weighted by atomic mass is 16.2. The lowest BCUT2D eigenvalue weighted by Crippen LogP contribution is -2.46. The number of hydrogen-bond donors (Lipinski definition) is 3. The third-order valence-corrected chi connectivity index (χ3v) is 3.96. The number of amides is 3. The Morgan fingerprint density at radius 2 is 1.56 bits per heavy atom. The molecule has 0 saturated carbocycles. The Morgan fingerprint density at radius 3 is 2.00 bits per heavy atom. The van der Waals surface area contributed by atoms with Crippen LogP contribution in [0.4, 0.5) is 4.79 Å². The predicted molar refractivity (Wildman–Crippen MR) is 103 cm³/mol. The molecule has 0 spiro atoms. The minimum Gasteiger partial charge on any atom is -0.336 e. The molecule has 0 aromatic heterocycles. The maximum Gasteiger partial charge on any atom is 0.321 e. The molecule has 1 aromatic carbocycles. The summed E-state index contributed by atoms with van der Waals surface area (Å²) in [6, 6.07) is 8.09. The molecule has 25 heavy (non-hydrogen) atoms. The van der Waals surface area contributed by atoms with Crippen LogP contribution >= 0.6 is 0 Å². The zero-order valence-corrected chi connectivity index (χ0v) is 16.6. The van der Waals surface area contributed by atoms with E-state index in [0.717, 1.165) is 5.56 Å². The van der Waals surface area contributed by atoms with Crippen molar-refractivity contribution >= 4 is 11.9 Å². The minimum atomic E-state index is -0.461. The van der Waals surface area contributed by atoms with Gasteiger partial charge in [-0.3, -0.25) is 10.1 Å². The first-order chi connectivity index (χ1) is 11.5. The highest BCUT2D eigenvalue weighted by Crippen LogP contribution is 2.26. The van der Waals surface area contributed by atoms with Crippen molar-refractivity contribution in [2.75, 3.05) is 6.54 Å². The standard InChI is InChI=1S/C20H33N3O2/c1-13(2)18(15-8-10-16(11-9-15)20(5,6)7)21-12-17(24)23-19(25)22-14(3)4/h8-11,13-14,18,21H,12H2,1-7H3,(H2,22,23,24,25)/t18-/m0/s1. The Bertz CT molecular complexity index is 572. The van der Waals surface area contributed by atoms with E-state index in [1.165, 1.54) is 5.56 Å². The van der Waals surface area contributed by atoms with Crippen LogP contribution in [-0.2, 0) is 10.2 Å². The van der Waals surface area contributed by atoms with Crippen molar-refractivity contribution in [2.45, 2.75) is 66.0 Å². The van der Waals surface area contributed by atoms with E-state index in [0.29, 0.717) is 5.92 Å². The number of carbonyl (C=O) groups is 2. The second-order valence-electron chi connectivity index (χ2n) is 8.15. The fraction of sp³-hybridized carbons (Fsp3) is 0.600. The van der Waals surface area contributed by atoms with Crippen LogP contribution in [0.1, 0.15) is 65.6 Å². The summed E-state index contributed by atoms with van der Waals surface area (Å²) in [4.78, 5) is 23.5. The molecule has 0 heterocycles. The van der Waals surface area contributed by atoms with Gasteiger partial charge >= 0.3 is 6.03 Å². The minimum absolute atomic E-state index is 0.00879. The summed E-state index contributed by atoms with van der Waals surface area (Å²) in [5.74, 6) is -0.0205. The number of nitrogens with one attached hydrogen (secondary N) is 3. The SMILES string of the molecule is CC(C)NC(=O)NC(=O)CN[C@H](c1ccc(C(C)(C)C)cc1)C(C)C. The molecule has 1 aromatic rings. The lowest BCUT2D eigenvalue weighted by molar-refractivity contribution is -0.119. The highest BCUT2D eigenvalue weighted by Gasteiger charge is 2.19. The largest absolute Gasteiger partial charge is 0.336 e. The molecule has 1 atom stereocenters. The van der Waals surface area contributed by atoms with Crippen LogP contribution < -0.4 is 16.0 Å². The fourth-order valence-corrected chi connectivity index (χ4v) is 2.60. The Morgan fingerprint density at radius 1 is 1.00 bits per heavy atom. The normalized spacial score (nSPS) is 13.0. The van der Waals surface area contributed by atoms with E-state index in [1.807, 2.05) is 13.8 Å². The Hall–Kier alpha value is -1.88. The number of urea groups is 1. The molecule has 0 aliphatic carbocycles. The van der Waals surface area contributed by atoms with Crippen molar-refractivity contribution < 1.29 is 9.59 Å². The third kappa shape index (κ3) is 7.26. The van der Waals surface area contributed by atoms with Gasteiger partial charge in [0.05, 0.1) is 6.54 Å². The summed E-state index contributed by atoms with van der Waals surface area (Å²) in [5.41, 5.74) is 2.53. The van der Waals surface area contributed by atoms with Gasteiger partial charge in [-0.1, -0.05) is 58.9 Å². The van der Waals surface area contributed by atoms with Crippen molar-refractivity contribution in [3.63, 3.8) is 0 Å². The highest BCUT2D eigenvalue weighted by molar-refractivity contribution is 5.95. The average Bonchev–Trinajstić information content (AvgIpc) is 2.45. The van der Waals surface area contributed by atoms with Gasteiger partial charge in [-0.2, -0.15) is 0 Å². The van der Waals surface area contributed by atoms with Gasteiger partial charge in [-0.15, -0.1) is 0 Å². The number of benzene rings is 1. The van der Waals surface area contributed by atoms with E-state index in [1.54, 1.807) is 0 Å². The number of imide groups is 1. The molecule has 3 N–H and O–H groups in total. The second-order valence-corrected chi connectivity index (χ2v) is 8.15. The maximum atomic E-state index is 11.9. The van der Waals surface area contributed by atoms with Crippen LogP contribution in [0.25, 0.3) is 0 Å². The van der Waals surface area contributed by atoms with E-state index >= 15 is 0 Å². The third-order valence-electron chi connectivity index (χ3n) is 3.96. The quantitative estimate of drug-likeness (QED) is 0.737. The smallest absolute Gasteiger partial charge is 0.321 e. The van der Waals surface area contributed by atoms with Crippen molar-refractivity contribution in [3.05, 3.63) is 35.4 Å². The van der Waals surface area contributed by atoms with Crippen molar-refractivity contribution in [3.8, 4) is 0 Å². The summed E-state index contributed by atoms with van der Waals surface area (Å²) in [6.07, 6.45) is 0. The molecular weight excluding hydrogens is 314 g/mol. The first kappa shape index (κ1) is 21.2. The first-order valence-corrected chi connectivity index (χ1v) is 8.95. The van der Waals surface area contributed by atoms with Gasteiger partial charge in [0, 0.05) is 12.1 Å². The van der Waals surface area contributed by atoms with Gasteiger partial charge < -0.3 is 10.6 Å². The molecule has 0 aliphatic heterocycles. The number of carbonyl (C=O) groups excluding carboxylic acids is 2. The fourth-order valence-electron chi connectivity index (χ4n) is 2.60. The molecular formula is C20H33N3O2. The lowest BCUT2D eigenvalue weighted by atomic mass is 9.85. The Kier molecular flexibility index (Phi) is 7.61. The summed E-state index contributed by atoms with van der Waals surface area (Å²) >= 11 is 0. The predicted octanol–water partition coefficient (Wildman–Crippen LogP) is 3.51. The molecule has 5 heteroatoms. The molecule has 140 valence electrons. The van der Waals surface area contributed by atoms with Gasteiger partial charge in [0.1, 0.15) is 0 Å². The Balaban J connectivity index is 2.69. The van der Waals surface area contributed by atoms with Crippen LogP contribution in [0.3, 0.4) is 0 Å².